The molecule has 17 aromatic carbocycles. The van der Waals surface area contributed by atoms with E-state index in [1.807, 2.05) is 36.4 Å². The zero-order chi connectivity index (χ0) is 68.6. The molecule has 0 bridgehead atoms. The Morgan fingerprint density at radius 1 is 0.250 bits per heavy atom. The van der Waals surface area contributed by atoms with Crippen LogP contribution in [-0.4, -0.2) is 16.2 Å². The van der Waals surface area contributed by atoms with Crippen molar-refractivity contribution in [2.45, 2.75) is 6.17 Å². The van der Waals surface area contributed by atoms with Gasteiger partial charge in [0.25, 0.3) is 0 Å². The van der Waals surface area contributed by atoms with Crippen LogP contribution in [0.3, 0.4) is 0 Å². The second-order valence-corrected chi connectivity index (χ2v) is 27.2. The Morgan fingerprint density at radius 3 is 1.24 bits per heavy atom. The lowest BCUT2D eigenvalue weighted by molar-refractivity contribution is 0.670. The average molecular weight is 1330 g/mol. The molecule has 5 heteroatoms. The molecule has 19 aromatic rings. The second-order valence-electron chi connectivity index (χ2n) is 27.2. The van der Waals surface area contributed by atoms with Crippen LogP contribution >= 0.6 is 0 Å². The van der Waals surface area contributed by atoms with Gasteiger partial charge in [0, 0.05) is 43.9 Å². The summed E-state index contributed by atoms with van der Waals surface area (Å²) in [5.74, 6) is 1.49. The molecule has 1 aliphatic rings. The highest BCUT2D eigenvalue weighted by atomic mass is 16.3. The molecule has 1 aliphatic heterocycles. The number of amidine groups is 2. The van der Waals surface area contributed by atoms with Crippen molar-refractivity contribution in [3.8, 4) is 94.7 Å². The number of para-hydroxylation sites is 1. The maximum atomic E-state index is 6.86. The van der Waals surface area contributed by atoms with Gasteiger partial charge in [0.2, 0.25) is 0 Å². The molecule has 3 heterocycles. The number of nitrogens with one attached hydrogen (secondary N) is 1. The van der Waals surface area contributed by atoms with E-state index in [1.54, 1.807) is 0 Å². The van der Waals surface area contributed by atoms with Crippen LogP contribution in [0.25, 0.3) is 171 Å². The average Bonchev–Trinajstić information content (AvgIpc) is 1.51. The highest BCUT2D eigenvalue weighted by Gasteiger charge is 2.24. The number of hydrogen-bond donors (Lipinski definition) is 1. The zero-order valence-electron chi connectivity index (χ0n) is 56.6. The molecule has 0 saturated carbocycles. The summed E-state index contributed by atoms with van der Waals surface area (Å²) in [7, 11) is 0. The summed E-state index contributed by atoms with van der Waals surface area (Å²) < 4.78 is 9.33. The lowest BCUT2D eigenvalue weighted by Crippen LogP contribution is -2.33. The predicted molar refractivity (Wildman–Crippen MR) is 436 cm³/mol. The highest BCUT2D eigenvalue weighted by Crippen LogP contribution is 2.45. The van der Waals surface area contributed by atoms with Gasteiger partial charge in [0.1, 0.15) is 23.2 Å². The summed E-state index contributed by atoms with van der Waals surface area (Å²) in [5.41, 5.74) is 26.4. The number of aliphatic imine (C=N–C) groups is 2. The summed E-state index contributed by atoms with van der Waals surface area (Å²) in [6, 6.07) is 136. The molecular weight excluding hydrogens is 1260 g/mol. The molecule has 1 N–H and O–H groups in total. The molecule has 1 unspecified atom stereocenters. The fourth-order valence-electron chi connectivity index (χ4n) is 15.9. The van der Waals surface area contributed by atoms with E-state index in [1.165, 1.54) is 82.0 Å². The molecule has 0 spiro atoms. The molecule has 5 nitrogen and oxygen atoms in total. The van der Waals surface area contributed by atoms with E-state index < -0.39 is 0 Å². The molecule has 20 rings (SSSR count). The van der Waals surface area contributed by atoms with E-state index in [0.717, 1.165) is 111 Å². The molecule has 0 fully saturated rings. The summed E-state index contributed by atoms with van der Waals surface area (Å²) in [6.07, 6.45) is -0.342. The first-order valence-electron chi connectivity index (χ1n) is 35.6. The summed E-state index contributed by atoms with van der Waals surface area (Å²) in [5, 5.41) is 15.8. The summed E-state index contributed by atoms with van der Waals surface area (Å²) in [6.45, 7) is 0. The molecule has 0 saturated heterocycles. The van der Waals surface area contributed by atoms with Crippen LogP contribution in [0, 0.1) is 0 Å². The van der Waals surface area contributed by atoms with Crippen molar-refractivity contribution in [2.75, 3.05) is 0 Å². The van der Waals surface area contributed by atoms with Crippen LogP contribution in [0.2, 0.25) is 0 Å². The van der Waals surface area contributed by atoms with Crippen LogP contribution in [-0.2, 0) is 0 Å². The lowest BCUT2D eigenvalue weighted by Gasteiger charge is -2.24. The minimum absolute atomic E-state index is 0.342. The van der Waals surface area contributed by atoms with Crippen molar-refractivity contribution in [1.29, 1.82) is 0 Å². The quantitative estimate of drug-likeness (QED) is 0.124. The second kappa shape index (κ2) is 25.2. The number of fused-ring (bicyclic) bond motifs is 12. The van der Waals surface area contributed by atoms with E-state index >= 15 is 0 Å². The number of nitrogens with zero attached hydrogens (tertiary/aromatic N) is 3. The highest BCUT2D eigenvalue weighted by molar-refractivity contribution is 6.29. The van der Waals surface area contributed by atoms with Gasteiger partial charge in [0.05, 0.1) is 11.0 Å². The number of aromatic nitrogens is 1. The van der Waals surface area contributed by atoms with Gasteiger partial charge in [-0.05, 0) is 212 Å². The molecule has 0 radical (unpaired) electrons. The monoisotopic (exact) mass is 1320 g/mol. The summed E-state index contributed by atoms with van der Waals surface area (Å²) >= 11 is 0. The Hall–Kier alpha value is -13.7. The molecule has 0 amide bonds. The van der Waals surface area contributed by atoms with Gasteiger partial charge in [-0.2, -0.15) is 0 Å². The molecule has 1 atom stereocenters. The van der Waals surface area contributed by atoms with Crippen LogP contribution < -0.4 is 5.32 Å². The minimum atomic E-state index is -0.342. The number of furan rings is 1. The normalized spacial score (nSPS) is 13.1. The van der Waals surface area contributed by atoms with Crippen LogP contribution in [0.4, 0.5) is 0 Å². The van der Waals surface area contributed by atoms with Gasteiger partial charge in [-0.1, -0.05) is 285 Å². The van der Waals surface area contributed by atoms with Crippen LogP contribution in [0.15, 0.2) is 391 Å². The van der Waals surface area contributed by atoms with Crippen molar-refractivity contribution >= 4 is 87.7 Å². The predicted octanol–water partition coefficient (Wildman–Crippen LogP) is 26.0. The van der Waals surface area contributed by atoms with Crippen molar-refractivity contribution in [3.05, 3.63) is 393 Å². The maximum Gasteiger partial charge on any atom is 0.159 e. The number of hydrogen-bond acceptors (Lipinski definition) is 4. The van der Waals surface area contributed by atoms with E-state index in [4.69, 9.17) is 14.4 Å². The molecule has 104 heavy (non-hydrogen) atoms. The topological polar surface area (TPSA) is 54.8 Å². The van der Waals surface area contributed by atoms with E-state index in [9.17, 15) is 0 Å². The van der Waals surface area contributed by atoms with Gasteiger partial charge in [0.15, 0.2) is 5.84 Å². The fraction of sp³-hybridized carbons (Fsp3) is 0.0101. The maximum absolute atomic E-state index is 6.86. The first-order chi connectivity index (χ1) is 51.5. The SMILES string of the molecule is c1ccc(C2=NC(c3cccc(-c4cccc(-c5cccc(-c6cc(-c7cccc(-c8ccc(-n9c%10ccc(-c%11cccc(-c%12cccc(-c%13ccccc%13)c%12)c%11)cc%10c%10cc%11c%12ccccc%12c%12ccccc%12c%11cc%109)cc8)c7)cc7c6oc6ccccc67)c5)c4)c3)NC(c3ccccc3)=N2)cc1. The lowest BCUT2D eigenvalue weighted by atomic mass is 9.92. The Labute approximate surface area is 601 Å². The third-order valence-electron chi connectivity index (χ3n) is 21.0. The Morgan fingerprint density at radius 2 is 0.654 bits per heavy atom. The third kappa shape index (κ3) is 10.7. The van der Waals surface area contributed by atoms with Gasteiger partial charge < -0.3 is 14.3 Å². The Bertz CT molecular complexity index is 6680. The van der Waals surface area contributed by atoms with E-state index in [2.05, 4.69) is 350 Å². The summed E-state index contributed by atoms with van der Waals surface area (Å²) in [4.78, 5) is 10.2. The van der Waals surface area contributed by atoms with Crippen molar-refractivity contribution in [2.24, 2.45) is 9.98 Å². The first kappa shape index (κ1) is 60.2. The van der Waals surface area contributed by atoms with Crippen LogP contribution in [0.1, 0.15) is 22.9 Å². The van der Waals surface area contributed by atoms with Crippen molar-refractivity contribution in [1.82, 2.24) is 9.88 Å². The molecule has 486 valence electrons. The largest absolute Gasteiger partial charge is 0.455 e. The number of benzene rings is 17. The van der Waals surface area contributed by atoms with Gasteiger partial charge >= 0.3 is 0 Å². The minimum Gasteiger partial charge on any atom is -0.455 e. The zero-order valence-corrected chi connectivity index (χ0v) is 56.6. The van der Waals surface area contributed by atoms with Gasteiger partial charge in [-0.3, -0.25) is 0 Å². The van der Waals surface area contributed by atoms with Crippen molar-refractivity contribution < 1.29 is 4.42 Å². The van der Waals surface area contributed by atoms with Crippen molar-refractivity contribution in [3.63, 3.8) is 0 Å². The molecule has 0 aliphatic carbocycles. The number of rotatable bonds is 12. The first-order valence-corrected chi connectivity index (χ1v) is 35.6. The van der Waals surface area contributed by atoms with E-state index in [0.29, 0.717) is 5.84 Å². The smallest absolute Gasteiger partial charge is 0.159 e. The van der Waals surface area contributed by atoms with Gasteiger partial charge in [-0.15, -0.1) is 0 Å². The van der Waals surface area contributed by atoms with E-state index in [-0.39, 0.29) is 6.17 Å². The fourth-order valence-corrected chi connectivity index (χ4v) is 15.9. The third-order valence-corrected chi connectivity index (χ3v) is 21.0. The standard InChI is InChI=1S/C99H64N4O/c1-4-22-63(23-5-1)67-28-16-30-69(52-67)70-31-19-34-73(55-70)77-48-51-93-90(58-77)91-61-88-84-42-12-10-40-82(84)83-41-11-13-43-85(83)89(88)62-94(91)103(93)81-49-46-64(47-50-81)68-29-17-37-76(53-68)80-59-87(96-92(60-80)86-44-14-15-45-95(86)104-96)78-38-20-35-74(56-78)71-32-18-33-72(54-71)75-36-21-39-79(57-75)99-101-97(65-24-6-2-7-25-65)100-98(102-99)66-26-8-3-9-27-66/h1-62,99H,(H,100,101,102). The Balaban J connectivity index is 0.648. The Kier molecular flexibility index (Phi) is 14.6. The van der Waals surface area contributed by atoms with Gasteiger partial charge in [-0.25, -0.2) is 9.98 Å². The molecular formula is C99H64N4O. The molecule has 2 aromatic heterocycles. The van der Waals surface area contributed by atoms with Crippen LogP contribution in [0.5, 0.6) is 0 Å².